The van der Waals surface area contributed by atoms with Gasteiger partial charge in [0.15, 0.2) is 11.6 Å². The van der Waals surface area contributed by atoms with Gasteiger partial charge < -0.3 is 28.4 Å². The highest BCUT2D eigenvalue weighted by molar-refractivity contribution is 6.20. The van der Waals surface area contributed by atoms with Crippen molar-refractivity contribution in [2.75, 3.05) is 39.6 Å². The van der Waals surface area contributed by atoms with Gasteiger partial charge in [0.25, 0.3) is 0 Å². The quantitative estimate of drug-likeness (QED) is 0.0141. The molecule has 0 bridgehead atoms. The van der Waals surface area contributed by atoms with Crippen LogP contribution in [0.1, 0.15) is 85.9 Å². The summed E-state index contributed by atoms with van der Waals surface area (Å²) in [6, 6.07) is 20.6. The molecule has 0 aliphatic heterocycles. The van der Waals surface area contributed by atoms with Crippen LogP contribution in [0.4, 0.5) is 0 Å². The van der Waals surface area contributed by atoms with Gasteiger partial charge >= 0.3 is 23.9 Å². The van der Waals surface area contributed by atoms with Gasteiger partial charge in [-0.1, -0.05) is 49.6 Å². The maximum atomic E-state index is 14.3. The predicted molar refractivity (Wildman–Crippen MR) is 227 cm³/mol. The Bertz CT molecular complexity index is 1990. The second kappa shape index (κ2) is 24.6. The minimum atomic E-state index is -1.81. The minimum absolute atomic E-state index is 0.0778. The standard InChI is InChI=1S/C48H54O12/c1-5-41(49)59-27-15-11-9-13-25-57-39-23-21-33-29-37(19-17-35(33)31-39)45(51)43(47(53)55-7-3)44(48(54)56-8-4)46(52)38-20-18-36-32-40(24-22-34(36)30-38)58-26-14-10-12-16-28-60-42(50)6-2/h5-6,17-24,29-32,43-44H,1-2,7-16,25-28H2,3-4H3/t43-,44+. The summed E-state index contributed by atoms with van der Waals surface area (Å²) in [7, 11) is 0. The highest BCUT2D eigenvalue weighted by Crippen LogP contribution is 2.30. The molecule has 318 valence electrons. The van der Waals surface area contributed by atoms with Gasteiger partial charge in [0.05, 0.1) is 39.6 Å². The molecule has 0 amide bonds. The molecule has 0 heterocycles. The van der Waals surface area contributed by atoms with E-state index >= 15 is 0 Å². The summed E-state index contributed by atoms with van der Waals surface area (Å²) in [5.74, 6) is -6.69. The molecule has 4 aromatic rings. The van der Waals surface area contributed by atoms with Crippen molar-refractivity contribution in [1.29, 1.82) is 0 Å². The summed E-state index contributed by atoms with van der Waals surface area (Å²) in [5.41, 5.74) is 0.241. The van der Waals surface area contributed by atoms with Crippen LogP contribution in [0.2, 0.25) is 0 Å². The van der Waals surface area contributed by atoms with E-state index < -0.39 is 47.3 Å². The first-order valence-corrected chi connectivity index (χ1v) is 20.4. The summed E-state index contributed by atoms with van der Waals surface area (Å²) in [5, 5.41) is 2.93. The van der Waals surface area contributed by atoms with E-state index in [1.54, 1.807) is 74.5 Å². The topological polar surface area (TPSA) is 158 Å². The highest BCUT2D eigenvalue weighted by atomic mass is 16.5. The predicted octanol–water partition coefficient (Wildman–Crippen LogP) is 8.75. The molecule has 0 fully saturated rings. The largest absolute Gasteiger partial charge is 0.494 e. The molecule has 12 nitrogen and oxygen atoms in total. The van der Waals surface area contributed by atoms with E-state index in [-0.39, 0.29) is 24.3 Å². The zero-order valence-electron chi connectivity index (χ0n) is 34.5. The van der Waals surface area contributed by atoms with Crippen molar-refractivity contribution < 1.29 is 57.2 Å². The number of hydrogen-bond acceptors (Lipinski definition) is 12. The van der Waals surface area contributed by atoms with Gasteiger partial charge in [-0.15, -0.1) is 0 Å². The Labute approximate surface area is 350 Å². The summed E-state index contributed by atoms with van der Waals surface area (Å²) in [6.07, 6.45) is 9.01. The fourth-order valence-corrected chi connectivity index (χ4v) is 6.50. The maximum Gasteiger partial charge on any atom is 0.330 e. The molecule has 0 saturated carbocycles. The first kappa shape index (κ1) is 46.4. The third-order valence-electron chi connectivity index (χ3n) is 9.61. The molecule has 0 aliphatic carbocycles. The average Bonchev–Trinajstić information content (AvgIpc) is 3.26. The molecule has 60 heavy (non-hydrogen) atoms. The molecule has 4 aromatic carbocycles. The number of fused-ring (bicyclic) bond motifs is 2. The molecular formula is C48H54O12. The van der Waals surface area contributed by atoms with Gasteiger partial charge in [0.1, 0.15) is 23.3 Å². The molecule has 0 N–H and O–H groups in total. The Morgan fingerprint density at radius 3 is 1.18 bits per heavy atom. The lowest BCUT2D eigenvalue weighted by molar-refractivity contribution is -0.156. The number of unbranched alkanes of at least 4 members (excludes halogenated alkanes) is 6. The van der Waals surface area contributed by atoms with Crippen LogP contribution < -0.4 is 9.47 Å². The van der Waals surface area contributed by atoms with Gasteiger partial charge in [-0.05, 0) is 123 Å². The third-order valence-corrected chi connectivity index (χ3v) is 9.61. The second-order valence-corrected chi connectivity index (χ2v) is 13.9. The van der Waals surface area contributed by atoms with Crippen LogP contribution in [-0.2, 0) is 38.1 Å². The number of rotatable bonds is 27. The summed E-state index contributed by atoms with van der Waals surface area (Å²) >= 11 is 0. The van der Waals surface area contributed by atoms with Crippen molar-refractivity contribution >= 4 is 57.0 Å². The van der Waals surface area contributed by atoms with Gasteiger partial charge in [0.2, 0.25) is 0 Å². The van der Waals surface area contributed by atoms with Crippen LogP contribution in [0.25, 0.3) is 21.5 Å². The summed E-state index contributed by atoms with van der Waals surface area (Å²) < 4.78 is 32.5. The number of benzene rings is 4. The van der Waals surface area contributed by atoms with Crippen LogP contribution in [0, 0.1) is 11.8 Å². The minimum Gasteiger partial charge on any atom is -0.494 e. The third kappa shape index (κ3) is 13.9. The average molecular weight is 823 g/mol. The fraction of sp³-hybridized carbons (Fsp3) is 0.375. The number of ketones is 2. The SMILES string of the molecule is C=CC(=O)OCCCCCCOc1ccc2cc(C(=O)[C@@H](C(=O)OCC)[C@@H](C(=O)OCC)C(=O)c3ccc4cc(OCCCCCCOC(=O)C=C)ccc4c3)ccc2c1. The molecular weight excluding hydrogens is 769 g/mol. The van der Waals surface area contributed by atoms with Gasteiger partial charge in [-0.3, -0.25) is 19.2 Å². The van der Waals surface area contributed by atoms with Crippen molar-refractivity contribution in [3.63, 3.8) is 0 Å². The van der Waals surface area contributed by atoms with Crippen molar-refractivity contribution in [2.24, 2.45) is 11.8 Å². The smallest absolute Gasteiger partial charge is 0.330 e. The Morgan fingerprint density at radius 2 is 0.817 bits per heavy atom. The van der Waals surface area contributed by atoms with Crippen LogP contribution in [0.3, 0.4) is 0 Å². The van der Waals surface area contributed by atoms with Gasteiger partial charge in [-0.25, -0.2) is 9.59 Å². The van der Waals surface area contributed by atoms with E-state index in [0.717, 1.165) is 74.3 Å². The van der Waals surface area contributed by atoms with E-state index in [4.69, 9.17) is 28.4 Å². The van der Waals surface area contributed by atoms with E-state index in [9.17, 15) is 28.8 Å². The summed E-state index contributed by atoms with van der Waals surface area (Å²) in [6.45, 7) is 11.4. The summed E-state index contributed by atoms with van der Waals surface area (Å²) in [4.78, 5) is 78.0. The van der Waals surface area contributed by atoms with Gasteiger partial charge in [0, 0.05) is 23.3 Å². The lowest BCUT2D eigenvalue weighted by Gasteiger charge is -2.23. The van der Waals surface area contributed by atoms with Crippen molar-refractivity contribution in [3.8, 4) is 11.5 Å². The van der Waals surface area contributed by atoms with Crippen molar-refractivity contribution in [1.82, 2.24) is 0 Å². The number of carbonyl (C=O) groups excluding carboxylic acids is 6. The highest BCUT2D eigenvalue weighted by Gasteiger charge is 2.46. The Morgan fingerprint density at radius 1 is 0.467 bits per heavy atom. The molecule has 12 heteroatoms. The molecule has 4 rings (SSSR count). The molecule has 0 radical (unpaired) electrons. The monoisotopic (exact) mass is 822 g/mol. The molecule has 0 saturated heterocycles. The van der Waals surface area contributed by atoms with E-state index in [1.165, 1.54) is 0 Å². The number of carbonyl (C=O) groups is 6. The van der Waals surface area contributed by atoms with Crippen LogP contribution in [0.15, 0.2) is 98.1 Å². The zero-order valence-corrected chi connectivity index (χ0v) is 34.5. The molecule has 0 spiro atoms. The molecule has 0 aliphatic rings. The fourth-order valence-electron chi connectivity index (χ4n) is 6.50. The van der Waals surface area contributed by atoms with Crippen molar-refractivity contribution in [3.05, 3.63) is 109 Å². The number of Topliss-reactive ketones (excluding diaryl/α,β-unsaturated/α-hetero) is 2. The van der Waals surface area contributed by atoms with Crippen LogP contribution in [0.5, 0.6) is 11.5 Å². The maximum absolute atomic E-state index is 14.3. The number of hydrogen-bond donors (Lipinski definition) is 0. The Balaban J connectivity index is 1.45. The van der Waals surface area contributed by atoms with E-state index in [0.29, 0.717) is 48.7 Å². The number of esters is 4. The Hall–Kier alpha value is -6.30. The second-order valence-electron chi connectivity index (χ2n) is 13.9. The number of ether oxygens (including phenoxy) is 6. The van der Waals surface area contributed by atoms with E-state index in [2.05, 4.69) is 13.2 Å². The zero-order chi connectivity index (χ0) is 43.3. The van der Waals surface area contributed by atoms with Crippen LogP contribution >= 0.6 is 0 Å². The lowest BCUT2D eigenvalue weighted by atomic mass is 9.80. The molecule has 2 atom stereocenters. The first-order chi connectivity index (χ1) is 29.1. The first-order valence-electron chi connectivity index (χ1n) is 20.4. The lowest BCUT2D eigenvalue weighted by Crippen LogP contribution is -2.42. The molecule has 0 aromatic heterocycles. The van der Waals surface area contributed by atoms with Crippen molar-refractivity contribution in [2.45, 2.75) is 65.2 Å². The van der Waals surface area contributed by atoms with Gasteiger partial charge in [-0.2, -0.15) is 0 Å². The Kier molecular flexibility index (Phi) is 19.0. The van der Waals surface area contributed by atoms with E-state index in [1.807, 2.05) is 12.1 Å². The molecule has 0 unspecified atom stereocenters. The van der Waals surface area contributed by atoms with Crippen LogP contribution in [-0.4, -0.2) is 75.1 Å². The normalized spacial score (nSPS) is 11.8.